The number of hydrogen-bond donors (Lipinski definition) is 0. The molecular weight excluding hydrogens is 304 g/mol. The first kappa shape index (κ1) is 14.4. The third-order valence-corrected chi connectivity index (χ3v) is 4.10. The molecule has 1 aliphatic rings. The smallest absolute Gasteiger partial charge is 0.226 e. The molecule has 4 rings (SSSR count). The Bertz CT molecular complexity index is 896. The predicted molar refractivity (Wildman–Crippen MR) is 88.8 cm³/mol. The van der Waals surface area contributed by atoms with Gasteiger partial charge in [-0.2, -0.15) is 5.26 Å². The molecule has 8 nitrogen and oxygen atoms in total. The largest absolute Gasteiger partial charge is 0.353 e. The third kappa shape index (κ3) is 2.72. The van der Waals surface area contributed by atoms with Crippen LogP contribution in [0.5, 0.6) is 0 Å². The zero-order valence-electron chi connectivity index (χ0n) is 13.1. The van der Waals surface area contributed by atoms with Crippen LogP contribution in [0.25, 0.3) is 5.65 Å². The first-order chi connectivity index (χ1) is 11.8. The summed E-state index contributed by atoms with van der Waals surface area (Å²) in [5.74, 6) is 1.56. The van der Waals surface area contributed by atoms with E-state index in [-0.39, 0.29) is 0 Å². The summed E-state index contributed by atoms with van der Waals surface area (Å²) in [7, 11) is 0. The second kappa shape index (κ2) is 6.12. The van der Waals surface area contributed by atoms with Gasteiger partial charge in [-0.3, -0.25) is 0 Å². The zero-order chi connectivity index (χ0) is 16.4. The number of anilines is 2. The van der Waals surface area contributed by atoms with Crippen molar-refractivity contribution in [3.05, 3.63) is 42.5 Å². The van der Waals surface area contributed by atoms with Gasteiger partial charge in [0, 0.05) is 44.8 Å². The third-order valence-electron chi connectivity index (χ3n) is 4.10. The fraction of sp³-hybridized carbons (Fsp3) is 0.312. The highest BCUT2D eigenvalue weighted by atomic mass is 15.3. The lowest BCUT2D eigenvalue weighted by molar-refractivity contribution is 0.775. The summed E-state index contributed by atoms with van der Waals surface area (Å²) in [6.07, 6.45) is 6.21. The van der Waals surface area contributed by atoms with Crippen molar-refractivity contribution < 1.29 is 0 Å². The van der Waals surface area contributed by atoms with Crippen LogP contribution >= 0.6 is 0 Å². The minimum absolute atomic E-state index is 0.397. The molecule has 0 N–H and O–H groups in total. The van der Waals surface area contributed by atoms with Gasteiger partial charge in [0.15, 0.2) is 5.65 Å². The fourth-order valence-electron chi connectivity index (χ4n) is 2.88. The lowest BCUT2D eigenvalue weighted by atomic mass is 10.3. The van der Waals surface area contributed by atoms with E-state index >= 15 is 0 Å². The lowest BCUT2D eigenvalue weighted by Gasteiger charge is -2.22. The van der Waals surface area contributed by atoms with Gasteiger partial charge in [-0.15, -0.1) is 5.10 Å². The predicted octanol–water partition coefficient (Wildman–Crippen LogP) is 1.11. The quantitative estimate of drug-likeness (QED) is 0.699. The van der Waals surface area contributed by atoms with Gasteiger partial charge in [-0.1, -0.05) is 0 Å². The highest BCUT2D eigenvalue weighted by Gasteiger charge is 2.18. The van der Waals surface area contributed by atoms with Gasteiger partial charge >= 0.3 is 0 Å². The molecule has 0 aliphatic carbocycles. The number of rotatable bonds is 2. The van der Waals surface area contributed by atoms with E-state index in [1.54, 1.807) is 23.0 Å². The van der Waals surface area contributed by atoms with Crippen molar-refractivity contribution in [1.82, 2.24) is 24.6 Å². The van der Waals surface area contributed by atoms with Crippen LogP contribution in [-0.2, 0) is 0 Å². The molecule has 8 heteroatoms. The Labute approximate surface area is 139 Å². The zero-order valence-corrected chi connectivity index (χ0v) is 13.1. The molecule has 0 bridgehead atoms. The SMILES string of the molecule is N#Cc1ccnc(N2CCCN(c3ccc4nccn4n3)CC2)n1. The second-order valence-electron chi connectivity index (χ2n) is 5.60. The summed E-state index contributed by atoms with van der Waals surface area (Å²) < 4.78 is 1.79. The molecule has 24 heavy (non-hydrogen) atoms. The molecule has 1 aliphatic heterocycles. The molecule has 0 amide bonds. The maximum Gasteiger partial charge on any atom is 0.226 e. The molecule has 120 valence electrons. The van der Waals surface area contributed by atoms with Crippen LogP contribution in [0, 0.1) is 11.3 Å². The molecule has 0 aromatic carbocycles. The lowest BCUT2D eigenvalue weighted by Crippen LogP contribution is -2.32. The van der Waals surface area contributed by atoms with Gasteiger partial charge in [-0.05, 0) is 24.6 Å². The standard InChI is InChI=1S/C16H16N8/c17-12-13-4-5-19-16(20-13)23-8-1-7-22(10-11-23)15-3-2-14-18-6-9-24(14)21-15/h2-6,9H,1,7-8,10-11H2. The maximum atomic E-state index is 8.99. The molecule has 4 heterocycles. The topological polar surface area (TPSA) is 86.2 Å². The van der Waals surface area contributed by atoms with E-state index in [9.17, 15) is 0 Å². The van der Waals surface area contributed by atoms with Crippen molar-refractivity contribution >= 4 is 17.4 Å². The average molecular weight is 320 g/mol. The highest BCUT2D eigenvalue weighted by Crippen LogP contribution is 2.16. The number of aromatic nitrogens is 5. The molecule has 1 fully saturated rings. The summed E-state index contributed by atoms with van der Waals surface area (Å²) >= 11 is 0. The fourth-order valence-corrected chi connectivity index (χ4v) is 2.88. The Hall–Kier alpha value is -3.21. The van der Waals surface area contributed by atoms with Gasteiger partial charge in [-0.25, -0.2) is 19.5 Å². The van der Waals surface area contributed by atoms with Crippen molar-refractivity contribution in [3.63, 3.8) is 0 Å². The van der Waals surface area contributed by atoms with Crippen LogP contribution in [0.2, 0.25) is 0 Å². The molecular formula is C16H16N8. The van der Waals surface area contributed by atoms with E-state index in [4.69, 9.17) is 5.26 Å². The monoisotopic (exact) mass is 320 g/mol. The molecule has 3 aromatic rings. The minimum Gasteiger partial charge on any atom is -0.353 e. The van der Waals surface area contributed by atoms with Gasteiger partial charge in [0.1, 0.15) is 17.6 Å². The van der Waals surface area contributed by atoms with E-state index < -0.39 is 0 Å². The summed E-state index contributed by atoms with van der Waals surface area (Å²) in [6, 6.07) is 7.67. The maximum absolute atomic E-state index is 8.99. The normalized spacial score (nSPS) is 15.3. The van der Waals surface area contributed by atoms with Crippen molar-refractivity contribution in [1.29, 1.82) is 5.26 Å². The van der Waals surface area contributed by atoms with Crippen LogP contribution in [0.1, 0.15) is 12.1 Å². The van der Waals surface area contributed by atoms with Crippen LogP contribution in [0.15, 0.2) is 36.8 Å². The Balaban J connectivity index is 1.52. The highest BCUT2D eigenvalue weighted by molar-refractivity contribution is 5.46. The summed E-state index contributed by atoms with van der Waals surface area (Å²) in [4.78, 5) is 17.2. The number of imidazole rings is 1. The Morgan fingerprint density at radius 2 is 1.83 bits per heavy atom. The van der Waals surface area contributed by atoms with Crippen LogP contribution < -0.4 is 9.80 Å². The van der Waals surface area contributed by atoms with Gasteiger partial charge in [0.2, 0.25) is 5.95 Å². The van der Waals surface area contributed by atoms with Crippen LogP contribution in [0.4, 0.5) is 11.8 Å². The van der Waals surface area contributed by atoms with E-state index in [0.29, 0.717) is 11.6 Å². The molecule has 0 radical (unpaired) electrons. The Morgan fingerprint density at radius 1 is 0.958 bits per heavy atom. The summed E-state index contributed by atoms with van der Waals surface area (Å²) in [6.45, 7) is 3.40. The van der Waals surface area contributed by atoms with E-state index in [1.807, 2.05) is 18.3 Å². The van der Waals surface area contributed by atoms with E-state index in [2.05, 4.69) is 35.9 Å². The average Bonchev–Trinajstić information content (AvgIpc) is 2.96. The number of nitriles is 1. The van der Waals surface area contributed by atoms with Crippen LogP contribution in [-0.4, -0.2) is 50.7 Å². The van der Waals surface area contributed by atoms with E-state index in [1.165, 1.54) is 0 Å². The van der Waals surface area contributed by atoms with E-state index in [0.717, 1.165) is 44.1 Å². The minimum atomic E-state index is 0.397. The second-order valence-corrected chi connectivity index (χ2v) is 5.60. The number of nitrogens with zero attached hydrogens (tertiary/aromatic N) is 8. The number of hydrogen-bond acceptors (Lipinski definition) is 7. The van der Waals surface area contributed by atoms with Crippen molar-refractivity contribution in [2.75, 3.05) is 36.0 Å². The summed E-state index contributed by atoms with van der Waals surface area (Å²) in [5, 5.41) is 13.6. The van der Waals surface area contributed by atoms with Crippen LogP contribution in [0.3, 0.4) is 0 Å². The molecule has 0 unspecified atom stereocenters. The van der Waals surface area contributed by atoms with Gasteiger partial charge < -0.3 is 9.80 Å². The molecule has 1 saturated heterocycles. The van der Waals surface area contributed by atoms with Crippen molar-refractivity contribution in [2.45, 2.75) is 6.42 Å². The Morgan fingerprint density at radius 3 is 2.75 bits per heavy atom. The molecule has 0 saturated carbocycles. The molecule has 3 aromatic heterocycles. The molecule has 0 atom stereocenters. The Kier molecular flexibility index (Phi) is 3.67. The number of fused-ring (bicyclic) bond motifs is 1. The summed E-state index contributed by atoms with van der Waals surface area (Å²) in [5.41, 5.74) is 1.24. The van der Waals surface area contributed by atoms with Crippen molar-refractivity contribution in [2.24, 2.45) is 0 Å². The molecule has 0 spiro atoms. The van der Waals surface area contributed by atoms with Gasteiger partial charge in [0.25, 0.3) is 0 Å². The first-order valence-corrected chi connectivity index (χ1v) is 7.87. The van der Waals surface area contributed by atoms with Crippen molar-refractivity contribution in [3.8, 4) is 6.07 Å². The van der Waals surface area contributed by atoms with Gasteiger partial charge in [0.05, 0.1) is 0 Å². The first-order valence-electron chi connectivity index (χ1n) is 7.87.